The molecule has 1 aliphatic heterocycles. The molecule has 16 heteroatoms. The molecule has 0 unspecified atom stereocenters. The Morgan fingerprint density at radius 1 is 0.476 bits per heavy atom. The number of hydrogen-bond donors (Lipinski definition) is 0. The van der Waals surface area contributed by atoms with Crippen molar-refractivity contribution in [2.45, 2.75) is 11.0 Å². The van der Waals surface area contributed by atoms with Crippen LogP contribution in [-0.2, 0) is 20.2 Å². The van der Waals surface area contributed by atoms with Gasteiger partial charge in [-0.25, -0.2) is 0 Å². The van der Waals surface area contributed by atoms with E-state index in [1.54, 1.807) is 36.4 Å². The zero-order chi connectivity index (χ0) is 30.5. The summed E-state index contributed by atoms with van der Waals surface area (Å²) < 4.78 is 149. The lowest BCUT2D eigenvalue weighted by Gasteiger charge is -2.24. The van der Waals surface area contributed by atoms with Crippen LogP contribution >= 0.6 is 0 Å². The molecule has 8 nitrogen and oxygen atoms in total. The second-order valence-corrected chi connectivity index (χ2v) is 11.5. The lowest BCUT2D eigenvalue weighted by Crippen LogP contribution is -2.28. The maximum atomic E-state index is 13.3. The molecule has 0 bridgehead atoms. The maximum absolute atomic E-state index is 13.3. The fourth-order valence-electron chi connectivity index (χ4n) is 3.95. The molecule has 0 N–H and O–H groups in total. The van der Waals surface area contributed by atoms with Crippen LogP contribution in [-0.4, -0.2) is 27.9 Å². The second-order valence-electron chi connectivity index (χ2n) is 8.42. The first-order chi connectivity index (χ1) is 19.6. The van der Waals surface area contributed by atoms with Crippen molar-refractivity contribution in [1.82, 2.24) is 0 Å². The fraction of sp³-hybridized carbons (Fsp3) is 0.0769. The number of rotatable bonds is 4. The van der Waals surface area contributed by atoms with Gasteiger partial charge in [-0.1, -0.05) is 48.5 Å². The molecule has 0 atom stereocenters. The number of hydrogen-bond acceptors (Lipinski definition) is 8. The van der Waals surface area contributed by atoms with Crippen molar-refractivity contribution in [2.24, 2.45) is 0 Å². The van der Waals surface area contributed by atoms with Gasteiger partial charge in [-0.3, -0.25) is 0 Å². The van der Waals surface area contributed by atoms with Crippen LogP contribution in [0.15, 0.2) is 84.9 Å². The molecule has 42 heavy (non-hydrogen) atoms. The van der Waals surface area contributed by atoms with Crippen molar-refractivity contribution in [3.05, 3.63) is 84.9 Å². The predicted octanol–water partition coefficient (Wildman–Crippen LogP) is 7.38. The van der Waals surface area contributed by atoms with Crippen LogP contribution in [0.1, 0.15) is 0 Å². The molecule has 0 spiro atoms. The smallest absolute Gasteiger partial charge is 0.456 e. The summed E-state index contributed by atoms with van der Waals surface area (Å²) in [5.41, 5.74) is -12.4. The van der Waals surface area contributed by atoms with E-state index in [1.807, 2.05) is 0 Å². The number of benzene rings is 4. The van der Waals surface area contributed by atoms with Gasteiger partial charge < -0.3 is 17.8 Å². The lowest BCUT2D eigenvalue weighted by molar-refractivity contribution is -0.0505. The Bertz CT molecular complexity index is 1760. The van der Waals surface area contributed by atoms with E-state index in [0.29, 0.717) is 11.1 Å². The van der Waals surface area contributed by atoms with Crippen molar-refractivity contribution in [3.8, 4) is 56.8 Å². The highest BCUT2D eigenvalue weighted by atomic mass is 32.2. The largest absolute Gasteiger partial charge is 0.534 e. The van der Waals surface area contributed by atoms with E-state index in [4.69, 9.17) is 9.47 Å². The van der Waals surface area contributed by atoms with E-state index in [0.717, 1.165) is 36.4 Å². The van der Waals surface area contributed by atoms with Gasteiger partial charge in [0.2, 0.25) is 0 Å². The summed E-state index contributed by atoms with van der Waals surface area (Å²) in [6, 6.07) is 18.4. The van der Waals surface area contributed by atoms with Gasteiger partial charge in [0.05, 0.1) is 11.1 Å². The Morgan fingerprint density at radius 2 is 0.810 bits per heavy atom. The quantitative estimate of drug-likeness (QED) is 0.115. The summed E-state index contributed by atoms with van der Waals surface area (Å²) in [6.07, 6.45) is 0. The van der Waals surface area contributed by atoms with Crippen LogP contribution < -0.4 is 17.8 Å². The molecule has 0 amide bonds. The highest BCUT2D eigenvalue weighted by Crippen LogP contribution is 2.53. The van der Waals surface area contributed by atoms with Crippen LogP contribution in [0.25, 0.3) is 22.3 Å². The molecule has 1 aliphatic rings. The Kier molecular flexibility index (Phi) is 7.01. The van der Waals surface area contributed by atoms with Gasteiger partial charge in [0.15, 0.2) is 11.5 Å². The Labute approximate surface area is 233 Å². The van der Waals surface area contributed by atoms with Gasteiger partial charge in [-0.2, -0.15) is 43.2 Å². The van der Waals surface area contributed by atoms with Crippen LogP contribution in [0, 0.1) is 0 Å². The monoisotopic (exact) mass is 632 g/mol. The van der Waals surface area contributed by atoms with Crippen molar-refractivity contribution >= 4 is 20.2 Å². The number of ether oxygens (including phenoxy) is 2. The highest BCUT2D eigenvalue weighted by molar-refractivity contribution is 7.88. The third-order valence-corrected chi connectivity index (χ3v) is 7.63. The first-order valence-corrected chi connectivity index (χ1v) is 14.2. The molecule has 4 aromatic carbocycles. The molecule has 0 radical (unpaired) electrons. The summed E-state index contributed by atoms with van der Waals surface area (Å²) in [7, 11) is -12.7. The van der Waals surface area contributed by atoms with E-state index in [-0.39, 0.29) is 11.5 Å². The first-order valence-electron chi connectivity index (χ1n) is 11.4. The van der Waals surface area contributed by atoms with Gasteiger partial charge in [-0.15, -0.1) is 0 Å². The molecule has 0 saturated carbocycles. The SMILES string of the molecule is O=S(=O)(Oc1cccc2c1-c1c(cccc1OS(=O)(=O)C(F)(F)F)Oc1ccccc1-c1ccccc1O2)C(F)(F)F. The number of halogens is 6. The molecule has 220 valence electrons. The third kappa shape index (κ3) is 5.30. The van der Waals surface area contributed by atoms with Gasteiger partial charge in [0, 0.05) is 11.1 Å². The fourth-order valence-corrected chi connectivity index (χ4v) is 4.89. The lowest BCUT2D eigenvalue weighted by atomic mass is 9.99. The topological polar surface area (TPSA) is 105 Å². The van der Waals surface area contributed by atoms with Crippen molar-refractivity contribution in [2.75, 3.05) is 0 Å². The van der Waals surface area contributed by atoms with Gasteiger partial charge in [-0.05, 0) is 36.4 Å². The van der Waals surface area contributed by atoms with Crippen LogP contribution in [0.5, 0.6) is 34.5 Å². The van der Waals surface area contributed by atoms with E-state index in [2.05, 4.69) is 8.37 Å². The average molecular weight is 633 g/mol. The maximum Gasteiger partial charge on any atom is 0.534 e. The van der Waals surface area contributed by atoms with E-state index < -0.39 is 65.4 Å². The molecule has 1 heterocycles. The summed E-state index contributed by atoms with van der Waals surface area (Å²) in [5.74, 6) is -2.92. The second kappa shape index (κ2) is 10.1. The molecule has 4 aromatic rings. The number of para-hydroxylation sites is 2. The van der Waals surface area contributed by atoms with E-state index in [9.17, 15) is 43.2 Å². The molecule has 0 fully saturated rings. The third-order valence-electron chi connectivity index (χ3n) is 5.70. The molecular formula is C26H14F6O8S2. The normalized spacial score (nSPS) is 13.3. The first kappa shape index (κ1) is 29.1. The molecule has 0 saturated heterocycles. The predicted molar refractivity (Wildman–Crippen MR) is 135 cm³/mol. The average Bonchev–Trinajstić information content (AvgIpc) is 2.89. The minimum Gasteiger partial charge on any atom is -0.456 e. The molecular weight excluding hydrogens is 618 g/mol. The van der Waals surface area contributed by atoms with Crippen molar-refractivity contribution < 1.29 is 61.0 Å². The van der Waals surface area contributed by atoms with Crippen molar-refractivity contribution in [3.63, 3.8) is 0 Å². The van der Waals surface area contributed by atoms with Crippen LogP contribution in [0.4, 0.5) is 26.3 Å². The Balaban J connectivity index is 1.87. The van der Waals surface area contributed by atoms with E-state index >= 15 is 0 Å². The van der Waals surface area contributed by atoms with Gasteiger partial charge in [0.25, 0.3) is 0 Å². The zero-order valence-electron chi connectivity index (χ0n) is 20.4. The van der Waals surface area contributed by atoms with Gasteiger partial charge in [0.1, 0.15) is 23.0 Å². The minimum atomic E-state index is -6.34. The Hall–Kier alpha value is -4.44. The van der Waals surface area contributed by atoms with Gasteiger partial charge >= 0.3 is 31.3 Å². The summed E-state index contributed by atoms with van der Waals surface area (Å²) in [4.78, 5) is 0. The Morgan fingerprint density at radius 3 is 1.17 bits per heavy atom. The molecule has 5 rings (SSSR count). The van der Waals surface area contributed by atoms with Crippen molar-refractivity contribution in [1.29, 1.82) is 0 Å². The van der Waals surface area contributed by atoms with Crippen LogP contribution in [0.2, 0.25) is 0 Å². The zero-order valence-corrected chi connectivity index (χ0v) is 22.1. The van der Waals surface area contributed by atoms with E-state index in [1.165, 1.54) is 12.1 Å². The summed E-state index contributed by atoms with van der Waals surface area (Å²) >= 11 is 0. The van der Waals surface area contributed by atoms with Crippen LogP contribution in [0.3, 0.4) is 0 Å². The number of fused-ring (bicyclic) bond motifs is 6. The standard InChI is InChI=1S/C26H14F6O8S2/c27-25(28,29)41(33,34)39-21-13-5-11-19-23(21)24-20(12-6-14-22(24)40-42(35,36)26(30,31)32)38-18-10-4-2-8-16(18)15-7-1-3-9-17(15)37-19/h1-14H. The molecule has 0 aliphatic carbocycles. The summed E-state index contributed by atoms with van der Waals surface area (Å²) in [6.45, 7) is 0. The summed E-state index contributed by atoms with van der Waals surface area (Å²) in [5, 5.41) is 0. The highest BCUT2D eigenvalue weighted by Gasteiger charge is 2.50. The minimum absolute atomic E-state index is 0.0652. The molecule has 0 aromatic heterocycles. The number of alkyl halides is 6.